The topological polar surface area (TPSA) is 370 Å². The highest BCUT2D eigenvalue weighted by Gasteiger charge is 2.36. The third kappa shape index (κ3) is 26.7. The van der Waals surface area contributed by atoms with Crippen LogP contribution in [0.25, 0.3) is 48.6 Å². The van der Waals surface area contributed by atoms with Crippen molar-refractivity contribution >= 4 is 139 Å². The number of halogens is 4. The lowest BCUT2D eigenvalue weighted by molar-refractivity contribution is -0.138. The summed E-state index contributed by atoms with van der Waals surface area (Å²) in [6, 6.07) is 69.1. The van der Waals surface area contributed by atoms with Gasteiger partial charge in [-0.2, -0.15) is 28.5 Å². The largest absolute Gasteiger partial charge is 0.496 e. The van der Waals surface area contributed by atoms with Crippen LogP contribution in [0.3, 0.4) is 0 Å². The highest BCUT2D eigenvalue weighted by molar-refractivity contribution is 8.01. The molecule has 11 heterocycles. The Labute approximate surface area is 811 Å². The molecular formula is C99H93F4N17O14S5. The molecule has 3 aliphatic heterocycles. The summed E-state index contributed by atoms with van der Waals surface area (Å²) in [6.45, 7) is 7.14. The fourth-order valence-electron chi connectivity index (χ4n) is 14.9. The van der Waals surface area contributed by atoms with Gasteiger partial charge >= 0.3 is 12.1 Å². The number of aryl methyl sites for hydroxylation is 2. The summed E-state index contributed by atoms with van der Waals surface area (Å²) in [4.78, 5) is 96.4. The van der Waals surface area contributed by atoms with Crippen LogP contribution in [0.2, 0.25) is 0 Å². The average Bonchev–Trinajstić information content (AvgIpc) is 1.80. The van der Waals surface area contributed by atoms with Gasteiger partial charge < -0.3 is 59.2 Å². The minimum Gasteiger partial charge on any atom is -0.496 e. The van der Waals surface area contributed by atoms with Gasteiger partial charge in [-0.3, -0.25) is 43.4 Å². The number of likely N-dealkylation sites (tertiary alicyclic amines) is 1. The number of H-pyrrole nitrogens is 1. The van der Waals surface area contributed by atoms with E-state index in [1.165, 1.54) is 41.3 Å². The van der Waals surface area contributed by atoms with E-state index in [9.17, 15) is 54.7 Å². The van der Waals surface area contributed by atoms with E-state index in [0.29, 0.717) is 127 Å². The molecule has 4 amide bonds. The Morgan fingerprint density at radius 2 is 1.40 bits per heavy atom. The second-order valence-electron chi connectivity index (χ2n) is 31.6. The number of furan rings is 1. The standard InChI is InChI=1S/C25H19N5OS.C21H18N4O3S2.C20H17F4N5O.C18H18N2O3S.C15H21NO6S/c31-24(19-6-4-9-22(16-19)30-15-5-14-26-30)27-21-12-10-18(11-13-21)23-17-32-25(29-23)28-20-7-2-1-3-8-20;26-20(13-29-21-24-16-5-1-4-8-19(16)30-21)23-14-9-22-25(10-14)11-15-12-27-17-6-2-3-7-18(17)28-15;21-15-4-1-13(2-5-15)16-9-17(27-26-16)18(30)11-28-7-8-29(12-28)19-6-3-14(10-25-19)20(22,23)24;1-22-14-9-5-3-7-12(14)15(23-2)11-19-17(21)18-20-13-8-4-6-10-16(13)24-18;1-10-8-13(11(2)22-10)15(18)16-6-4-12(5-7-16)23(19,20)9-14(17)21-3/h1-17H,(H,27,31)(H,28,29);1-10,15H,11-13H2,(H,23,26);1-6,9-10H,7-8,11-12H2,(H,26,27);3-10,15H,11H2,1-2H3,(H,19,21);8,12H,4-7,9H2,1-3H3. The molecule has 8 aromatic carbocycles. The van der Waals surface area contributed by atoms with Crippen LogP contribution in [0.4, 0.5) is 45.6 Å². The Bertz CT molecular complexity index is 6950. The first kappa shape index (κ1) is 98.7. The number of amides is 4. The van der Waals surface area contributed by atoms with E-state index in [1.807, 2.05) is 197 Å². The minimum atomic E-state index is -4.42. The number of ketones is 1. The number of esters is 1. The molecule has 0 radical (unpaired) electrons. The molecule has 3 aliphatic rings. The number of sulfone groups is 1. The Kier molecular flexibility index (Phi) is 32.9. The normalized spacial score (nSPS) is 13.8. The molecule has 40 heteroatoms. The highest BCUT2D eigenvalue weighted by atomic mass is 32.2. The van der Waals surface area contributed by atoms with Crippen molar-refractivity contribution in [3.05, 3.63) is 317 Å². The second kappa shape index (κ2) is 46.4. The number of carbonyl (C=O) groups excluding carboxylic acids is 6. The first-order valence-electron chi connectivity index (χ1n) is 43.5. The second-order valence-corrected chi connectivity index (χ2v) is 38.0. The van der Waals surface area contributed by atoms with Crippen LogP contribution in [0.1, 0.15) is 82.6 Å². The number of rotatable bonds is 27. The van der Waals surface area contributed by atoms with Gasteiger partial charge in [-0.05, 0) is 166 Å². The number of aromatic nitrogens is 10. The van der Waals surface area contributed by atoms with Crippen molar-refractivity contribution in [1.29, 1.82) is 0 Å². The van der Waals surface area contributed by atoms with E-state index in [-0.39, 0.29) is 54.0 Å². The molecular weight excluding hydrogens is 1890 g/mol. The van der Waals surface area contributed by atoms with Crippen molar-refractivity contribution in [3.63, 3.8) is 0 Å². The zero-order chi connectivity index (χ0) is 97.5. The van der Waals surface area contributed by atoms with Crippen LogP contribution < -0.4 is 40.4 Å². The molecule has 2 fully saturated rings. The molecule has 2 saturated heterocycles. The van der Waals surface area contributed by atoms with Crippen molar-refractivity contribution in [1.82, 2.24) is 64.8 Å². The van der Waals surface area contributed by atoms with Crippen LogP contribution >= 0.6 is 45.8 Å². The molecule has 0 saturated carbocycles. The van der Waals surface area contributed by atoms with E-state index >= 15 is 0 Å². The number of nitrogens with one attached hydrogen (secondary N) is 5. The molecule has 31 nitrogen and oxygen atoms in total. The molecule has 19 rings (SSSR count). The molecule has 139 heavy (non-hydrogen) atoms. The van der Waals surface area contributed by atoms with Gasteiger partial charge in [0, 0.05) is 104 Å². The minimum absolute atomic E-state index is 0.0926. The van der Waals surface area contributed by atoms with Gasteiger partial charge in [0.05, 0.1) is 106 Å². The smallest absolute Gasteiger partial charge is 0.417 e. The number of hydrogen-bond donors (Lipinski definition) is 5. The number of methoxy groups -OCH3 is 3. The fourth-order valence-corrected chi connectivity index (χ4v) is 20.0. The predicted octanol–water partition coefficient (Wildman–Crippen LogP) is 18.2. The quantitative estimate of drug-likeness (QED) is 0.0138. The van der Waals surface area contributed by atoms with E-state index in [1.54, 1.807) is 114 Å². The maximum atomic E-state index is 13.0. The number of pyridine rings is 1. The Morgan fingerprint density at radius 1 is 0.683 bits per heavy atom. The third-order valence-electron chi connectivity index (χ3n) is 21.9. The summed E-state index contributed by atoms with van der Waals surface area (Å²) in [5, 5.41) is 30.0. The van der Waals surface area contributed by atoms with Gasteiger partial charge in [0.15, 0.2) is 47.7 Å². The number of carbonyl (C=O) groups is 6. The van der Waals surface area contributed by atoms with Crippen LogP contribution in [-0.4, -0.2) is 200 Å². The summed E-state index contributed by atoms with van der Waals surface area (Å²) in [5.74, 6) is 1.68. The number of benzene rings is 8. The first-order chi connectivity index (χ1) is 67.2. The SMILES string of the molecule is COC(=O)CS(=O)(=O)C1CCN(C(=O)c2cc(C)oc2C)CC1.COc1ccccc1C(CNC(=O)c1nc2ccccc2s1)OC.O=C(CN1CCN(c2ccc(C(F)(F)F)cn2)C1)c1cc(-c2ccc(F)cc2)n[nH]1.O=C(CSc1nc2ccccc2s1)Nc1cnn(CC2COc3ccccc3O2)c1.O=C(Nc1ccc(-c2csc(Nc3ccccc3)n2)cc1)c1cccc(-n2cccn2)c1. The molecule has 0 spiro atoms. The first-order valence-corrected chi connectivity index (χ1v) is 48.7. The summed E-state index contributed by atoms with van der Waals surface area (Å²) in [5.41, 5.74) is 9.62. The van der Waals surface area contributed by atoms with Gasteiger partial charge in [-0.15, -0.1) is 34.0 Å². The van der Waals surface area contributed by atoms with Gasteiger partial charge in [-0.1, -0.05) is 103 Å². The monoisotopic (exact) mass is 1980 g/mol. The van der Waals surface area contributed by atoms with E-state index in [2.05, 4.69) is 66.3 Å². The van der Waals surface area contributed by atoms with Crippen LogP contribution in [0.5, 0.6) is 17.2 Å². The van der Waals surface area contributed by atoms with Gasteiger partial charge in [0.25, 0.3) is 17.7 Å². The molecule has 0 aliphatic carbocycles. The summed E-state index contributed by atoms with van der Waals surface area (Å²) >= 11 is 5.96. The lowest BCUT2D eigenvalue weighted by Gasteiger charge is -2.31. The van der Waals surface area contributed by atoms with Crippen molar-refractivity contribution in [2.45, 2.75) is 61.2 Å². The molecule has 0 bridgehead atoms. The number of aromatic amines is 1. The number of thiazole rings is 3. The third-order valence-corrected chi connectivity index (χ3v) is 28.0. The van der Waals surface area contributed by atoms with Gasteiger partial charge in [-0.25, -0.2) is 37.4 Å². The number of Topliss-reactive ketones (excluding diaryl/α,β-unsaturated/α-hetero) is 1. The Balaban J connectivity index is 0.000000132. The van der Waals surface area contributed by atoms with Gasteiger partial charge in [0.1, 0.15) is 53.1 Å². The predicted molar refractivity (Wildman–Crippen MR) is 525 cm³/mol. The van der Waals surface area contributed by atoms with Gasteiger partial charge in [0.2, 0.25) is 5.91 Å². The highest BCUT2D eigenvalue weighted by Crippen LogP contribution is 2.36. The van der Waals surface area contributed by atoms with Crippen molar-refractivity contribution in [2.75, 3.05) is 106 Å². The number of alkyl halides is 3. The number of nitrogens with zero attached hydrogens (tertiary/aromatic N) is 12. The number of piperidine rings is 1. The van der Waals surface area contributed by atoms with E-state index < -0.39 is 38.5 Å². The number of anilines is 5. The number of hydrogen-bond acceptors (Lipinski definition) is 28. The zero-order valence-corrected chi connectivity index (χ0v) is 79.5. The number of fused-ring (bicyclic) bond motifs is 3. The zero-order valence-electron chi connectivity index (χ0n) is 75.5. The maximum Gasteiger partial charge on any atom is 0.417 e. The van der Waals surface area contributed by atoms with Crippen molar-refractivity contribution < 1.29 is 82.8 Å². The van der Waals surface area contributed by atoms with Crippen molar-refractivity contribution in [3.8, 4) is 45.5 Å². The number of thioether (sulfide) groups is 1. The molecule has 8 aromatic heterocycles. The molecule has 5 N–H and O–H groups in total. The molecule has 2 atom stereocenters. The maximum absolute atomic E-state index is 13.0. The van der Waals surface area contributed by atoms with Crippen molar-refractivity contribution in [2.24, 2.45) is 0 Å². The van der Waals surface area contributed by atoms with Crippen LogP contribution in [0, 0.1) is 19.7 Å². The fraction of sp³-hybridized carbons (Fsp3) is 0.222. The van der Waals surface area contributed by atoms with E-state index in [0.717, 1.165) is 100 Å². The number of ether oxygens (including phenoxy) is 5. The van der Waals surface area contributed by atoms with E-state index in [4.69, 9.17) is 23.4 Å². The average molecular weight is 1980 g/mol. The molecule has 16 aromatic rings. The summed E-state index contributed by atoms with van der Waals surface area (Å²) in [6.07, 6.45) is 3.57. The summed E-state index contributed by atoms with van der Waals surface area (Å²) < 4.78 is 114. The number of para-hydroxylation sites is 6. The lowest BCUT2D eigenvalue weighted by Crippen LogP contribution is -2.43. The van der Waals surface area contributed by atoms with Crippen LogP contribution in [0.15, 0.2) is 276 Å². The Hall–Kier alpha value is -14.8. The summed E-state index contributed by atoms with van der Waals surface area (Å²) in [7, 11) is 0.846. The molecule has 716 valence electrons. The lowest BCUT2D eigenvalue weighted by atomic mass is 10.1. The molecule has 2 unspecified atom stereocenters. The Morgan fingerprint density at radius 3 is 2.09 bits per heavy atom. The van der Waals surface area contributed by atoms with Crippen LogP contribution in [-0.2, 0) is 41.6 Å².